The molecule has 0 saturated carbocycles. The zero-order valence-electron chi connectivity index (χ0n) is 25.6. The Labute approximate surface area is 236 Å². The predicted molar refractivity (Wildman–Crippen MR) is 158 cm³/mol. The fourth-order valence-electron chi connectivity index (χ4n) is 4.59. The molecule has 3 atom stereocenters. The fraction of sp³-hybridized carbons (Fsp3) is 0.667. The highest BCUT2D eigenvalue weighted by Crippen LogP contribution is 2.25. The van der Waals surface area contributed by atoms with Crippen LogP contribution in [-0.4, -0.2) is 34.7 Å². The molecule has 0 radical (unpaired) electrons. The Morgan fingerprint density at radius 2 is 1.31 bits per heavy atom. The largest absolute Gasteiger partial charge is 0.465 e. The normalized spacial score (nSPS) is 14.2. The molecule has 0 fully saturated rings. The van der Waals surface area contributed by atoms with Crippen molar-refractivity contribution in [2.45, 2.75) is 93.5 Å². The third-order valence-electron chi connectivity index (χ3n) is 7.68. The molecule has 0 aliphatic carbocycles. The third-order valence-corrected chi connectivity index (χ3v) is 7.68. The number of hydrogen-bond acceptors (Lipinski definition) is 5. The molecular formula is C33H52N2O4. The summed E-state index contributed by atoms with van der Waals surface area (Å²) in [5.41, 5.74) is 1.69. The SMILES string of the molecule is CC(C)CCC(COC(=O)CC(C(=O)OCC(CCC(C)C)C(C)C)n1cnc(-c2ccccc2)c1)C(C)C. The van der Waals surface area contributed by atoms with Crippen molar-refractivity contribution in [2.75, 3.05) is 13.2 Å². The molecule has 0 amide bonds. The van der Waals surface area contributed by atoms with Gasteiger partial charge in [-0.25, -0.2) is 9.78 Å². The van der Waals surface area contributed by atoms with Crippen molar-refractivity contribution >= 4 is 11.9 Å². The van der Waals surface area contributed by atoms with Gasteiger partial charge in [0.2, 0.25) is 0 Å². The quantitative estimate of drug-likeness (QED) is 0.190. The van der Waals surface area contributed by atoms with Crippen LogP contribution >= 0.6 is 0 Å². The van der Waals surface area contributed by atoms with Crippen LogP contribution in [0.1, 0.15) is 93.5 Å². The van der Waals surface area contributed by atoms with Gasteiger partial charge in [0.05, 0.1) is 31.7 Å². The number of hydrogen-bond donors (Lipinski definition) is 0. The number of imidazole rings is 1. The first kappa shape index (κ1) is 32.6. The van der Waals surface area contributed by atoms with Gasteiger partial charge in [-0.2, -0.15) is 0 Å². The second-order valence-corrected chi connectivity index (χ2v) is 12.6. The summed E-state index contributed by atoms with van der Waals surface area (Å²) in [4.78, 5) is 31.0. The Morgan fingerprint density at radius 3 is 1.82 bits per heavy atom. The third kappa shape index (κ3) is 11.6. The fourth-order valence-corrected chi connectivity index (χ4v) is 4.59. The van der Waals surface area contributed by atoms with E-state index >= 15 is 0 Å². The number of nitrogens with zero attached hydrogens (tertiary/aromatic N) is 2. The molecule has 0 bridgehead atoms. The number of aromatic nitrogens is 2. The van der Waals surface area contributed by atoms with Gasteiger partial charge < -0.3 is 14.0 Å². The zero-order valence-corrected chi connectivity index (χ0v) is 25.6. The van der Waals surface area contributed by atoms with Crippen LogP contribution in [0.4, 0.5) is 0 Å². The maximum atomic E-state index is 13.4. The van der Waals surface area contributed by atoms with Gasteiger partial charge in [-0.05, 0) is 48.3 Å². The first-order valence-corrected chi connectivity index (χ1v) is 14.9. The van der Waals surface area contributed by atoms with Gasteiger partial charge in [0.25, 0.3) is 0 Å². The summed E-state index contributed by atoms with van der Waals surface area (Å²) in [5.74, 6) is 1.79. The highest BCUT2D eigenvalue weighted by atomic mass is 16.5. The van der Waals surface area contributed by atoms with E-state index in [9.17, 15) is 9.59 Å². The van der Waals surface area contributed by atoms with Crippen molar-refractivity contribution in [1.82, 2.24) is 9.55 Å². The van der Waals surface area contributed by atoms with Crippen LogP contribution in [0, 0.1) is 35.5 Å². The lowest BCUT2D eigenvalue weighted by atomic mass is 9.89. The molecule has 0 aliphatic rings. The van der Waals surface area contributed by atoms with Crippen molar-refractivity contribution in [3.63, 3.8) is 0 Å². The maximum Gasteiger partial charge on any atom is 0.329 e. The number of esters is 2. The van der Waals surface area contributed by atoms with Crippen LogP contribution in [0.5, 0.6) is 0 Å². The van der Waals surface area contributed by atoms with Crippen LogP contribution in [0.15, 0.2) is 42.9 Å². The molecular weight excluding hydrogens is 488 g/mol. The number of carbonyl (C=O) groups is 2. The van der Waals surface area contributed by atoms with Gasteiger partial charge in [-0.3, -0.25) is 4.79 Å². The lowest BCUT2D eigenvalue weighted by Gasteiger charge is -2.24. The van der Waals surface area contributed by atoms with Gasteiger partial charge in [0.1, 0.15) is 6.04 Å². The minimum Gasteiger partial charge on any atom is -0.465 e. The monoisotopic (exact) mass is 540 g/mol. The molecule has 0 aliphatic heterocycles. The van der Waals surface area contributed by atoms with Gasteiger partial charge >= 0.3 is 11.9 Å². The molecule has 1 heterocycles. The Bertz CT molecular complexity index is 981. The summed E-state index contributed by atoms with van der Waals surface area (Å²) < 4.78 is 13.3. The molecule has 3 unspecified atom stereocenters. The van der Waals surface area contributed by atoms with E-state index in [-0.39, 0.29) is 18.3 Å². The Balaban J connectivity index is 2.15. The van der Waals surface area contributed by atoms with Gasteiger partial charge in [-0.15, -0.1) is 0 Å². The average Bonchev–Trinajstić information content (AvgIpc) is 3.36. The second kappa shape index (κ2) is 16.5. The van der Waals surface area contributed by atoms with E-state index in [0.717, 1.165) is 36.9 Å². The molecule has 0 N–H and O–H groups in total. The summed E-state index contributed by atoms with van der Waals surface area (Å²) in [7, 11) is 0. The Kier molecular flexibility index (Phi) is 13.8. The summed E-state index contributed by atoms with van der Waals surface area (Å²) in [6.07, 6.45) is 7.55. The van der Waals surface area contributed by atoms with Crippen molar-refractivity contribution < 1.29 is 19.1 Å². The van der Waals surface area contributed by atoms with E-state index in [0.29, 0.717) is 42.8 Å². The molecule has 0 saturated heterocycles. The molecule has 2 rings (SSSR count). The number of ether oxygens (including phenoxy) is 2. The maximum absolute atomic E-state index is 13.4. The molecule has 218 valence electrons. The highest BCUT2D eigenvalue weighted by molar-refractivity contribution is 5.81. The molecule has 1 aromatic heterocycles. The van der Waals surface area contributed by atoms with Crippen LogP contribution < -0.4 is 0 Å². The standard InChI is InChI=1S/C33H52N2O4/c1-23(2)14-16-28(25(5)6)20-38-32(36)18-31(33(37)39-21-29(26(7)8)17-15-24(3)4)35-19-30(34-22-35)27-12-10-9-11-13-27/h9-13,19,22-26,28-29,31H,14-18,20-21H2,1-8H3. The summed E-state index contributed by atoms with van der Waals surface area (Å²) in [6, 6.07) is 8.97. The molecule has 6 heteroatoms. The smallest absolute Gasteiger partial charge is 0.329 e. The summed E-state index contributed by atoms with van der Waals surface area (Å²) >= 11 is 0. The topological polar surface area (TPSA) is 70.4 Å². The molecule has 0 spiro atoms. The Morgan fingerprint density at radius 1 is 0.769 bits per heavy atom. The van der Waals surface area contributed by atoms with Gasteiger partial charge in [-0.1, -0.05) is 98.6 Å². The first-order chi connectivity index (χ1) is 18.5. The minimum absolute atomic E-state index is 0.0865. The lowest BCUT2D eigenvalue weighted by Crippen LogP contribution is -2.28. The van der Waals surface area contributed by atoms with Crippen LogP contribution in [0.2, 0.25) is 0 Å². The van der Waals surface area contributed by atoms with Crippen LogP contribution in [0.3, 0.4) is 0 Å². The highest BCUT2D eigenvalue weighted by Gasteiger charge is 2.29. The lowest BCUT2D eigenvalue weighted by molar-refractivity contribution is -0.156. The average molecular weight is 541 g/mol. The van der Waals surface area contributed by atoms with Crippen LogP contribution in [-0.2, 0) is 19.1 Å². The van der Waals surface area contributed by atoms with Crippen molar-refractivity contribution in [2.24, 2.45) is 35.5 Å². The molecule has 6 nitrogen and oxygen atoms in total. The van der Waals surface area contributed by atoms with E-state index < -0.39 is 12.0 Å². The van der Waals surface area contributed by atoms with Crippen molar-refractivity contribution in [1.29, 1.82) is 0 Å². The molecule has 2 aromatic rings. The predicted octanol–water partition coefficient (Wildman–Crippen LogP) is 7.98. The summed E-state index contributed by atoms with van der Waals surface area (Å²) in [6.45, 7) is 18.2. The van der Waals surface area contributed by atoms with E-state index in [4.69, 9.17) is 9.47 Å². The summed E-state index contributed by atoms with van der Waals surface area (Å²) in [5, 5.41) is 0. The number of carbonyl (C=O) groups excluding carboxylic acids is 2. The van der Waals surface area contributed by atoms with E-state index in [2.05, 4.69) is 60.4 Å². The van der Waals surface area contributed by atoms with E-state index in [1.165, 1.54) is 0 Å². The van der Waals surface area contributed by atoms with Crippen molar-refractivity contribution in [3.05, 3.63) is 42.9 Å². The van der Waals surface area contributed by atoms with Gasteiger partial charge in [0, 0.05) is 11.8 Å². The zero-order chi connectivity index (χ0) is 28.9. The van der Waals surface area contributed by atoms with Crippen molar-refractivity contribution in [3.8, 4) is 11.3 Å². The van der Waals surface area contributed by atoms with E-state index in [1.807, 2.05) is 36.5 Å². The van der Waals surface area contributed by atoms with Gasteiger partial charge in [0.15, 0.2) is 0 Å². The van der Waals surface area contributed by atoms with Crippen LogP contribution in [0.25, 0.3) is 11.3 Å². The second-order valence-electron chi connectivity index (χ2n) is 12.6. The first-order valence-electron chi connectivity index (χ1n) is 14.9. The molecule has 39 heavy (non-hydrogen) atoms. The molecule has 1 aromatic carbocycles. The number of rotatable bonds is 17. The minimum atomic E-state index is -0.825. The van der Waals surface area contributed by atoms with E-state index in [1.54, 1.807) is 10.9 Å². The number of benzene rings is 1. The Hall–Kier alpha value is -2.63.